The maximum atomic E-state index is 12.0. The number of fused-ring (bicyclic) bond motifs is 3. The van der Waals surface area contributed by atoms with Gasteiger partial charge in [-0.2, -0.15) is 0 Å². The van der Waals surface area contributed by atoms with E-state index in [2.05, 4.69) is 26.8 Å². The van der Waals surface area contributed by atoms with E-state index in [4.69, 9.17) is 0 Å². The molecule has 2 heteroatoms. The molecule has 3 aliphatic rings. The summed E-state index contributed by atoms with van der Waals surface area (Å²) in [5.74, 6) is 1.13. The number of Topliss-reactive ketones (excluding diaryl/α,β-unsaturated/α-hetero) is 1. The average molecular weight is 292 g/mol. The molecule has 0 bridgehead atoms. The molecule has 0 heterocycles. The van der Waals surface area contributed by atoms with Crippen LogP contribution in [-0.4, -0.2) is 17.0 Å². The van der Waals surface area contributed by atoms with Gasteiger partial charge in [0.25, 0.3) is 0 Å². The van der Waals surface area contributed by atoms with E-state index in [1.54, 1.807) is 0 Å². The van der Waals surface area contributed by atoms with E-state index in [0.717, 1.165) is 38.5 Å². The first-order valence-corrected chi connectivity index (χ1v) is 8.81. The van der Waals surface area contributed by atoms with Gasteiger partial charge in [0.1, 0.15) is 5.78 Å². The summed E-state index contributed by atoms with van der Waals surface area (Å²) in [5, 5.41) is 10.5. The minimum absolute atomic E-state index is 0.0381. The quantitative estimate of drug-likeness (QED) is 0.667. The van der Waals surface area contributed by atoms with Gasteiger partial charge < -0.3 is 5.11 Å². The zero-order valence-corrected chi connectivity index (χ0v) is 14.4. The Kier molecular flexibility index (Phi) is 4.68. The maximum absolute atomic E-state index is 12.0. The van der Waals surface area contributed by atoms with Crippen molar-refractivity contribution in [3.8, 4) is 0 Å². The van der Waals surface area contributed by atoms with E-state index in [0.29, 0.717) is 11.7 Å². The van der Waals surface area contributed by atoms with Crippen molar-refractivity contribution < 1.29 is 9.90 Å². The Morgan fingerprint density at radius 1 is 1.14 bits per heavy atom. The fourth-order valence-corrected chi connectivity index (χ4v) is 5.23. The summed E-state index contributed by atoms with van der Waals surface area (Å²) in [4.78, 5) is 12.0. The van der Waals surface area contributed by atoms with Crippen LogP contribution in [0.2, 0.25) is 0 Å². The predicted octanol–water partition coefficient (Wildman–Crippen LogP) is 4.52. The first-order chi connectivity index (χ1) is 9.89. The lowest BCUT2D eigenvalue weighted by Gasteiger charge is -2.58. The molecule has 1 N–H and O–H groups in total. The number of ketones is 1. The molecule has 0 saturated heterocycles. The molecule has 3 aliphatic carbocycles. The number of aliphatic hydroxyl groups excluding tert-OH is 1. The van der Waals surface area contributed by atoms with Crippen molar-refractivity contribution in [2.45, 2.75) is 79.2 Å². The number of hydrogen-bond donors (Lipinski definition) is 1. The normalized spacial score (nSPS) is 45.7. The molecular weight excluding hydrogens is 260 g/mol. The lowest BCUT2D eigenvalue weighted by molar-refractivity contribution is -0.133. The van der Waals surface area contributed by atoms with Gasteiger partial charge in [0.15, 0.2) is 0 Å². The van der Waals surface area contributed by atoms with E-state index >= 15 is 0 Å². The number of aliphatic hydroxyl groups is 1. The summed E-state index contributed by atoms with van der Waals surface area (Å²) in [5.41, 5.74) is 1.57. The third kappa shape index (κ3) is 2.40. The molecule has 0 aromatic heterocycles. The second kappa shape index (κ2) is 5.87. The van der Waals surface area contributed by atoms with Gasteiger partial charge in [-0.15, -0.1) is 0 Å². The van der Waals surface area contributed by atoms with Crippen LogP contribution >= 0.6 is 0 Å². The third-order valence-corrected chi connectivity index (χ3v) is 6.55. The largest absolute Gasteiger partial charge is 0.392 e. The van der Waals surface area contributed by atoms with E-state index in [1.165, 1.54) is 5.57 Å². The van der Waals surface area contributed by atoms with Gasteiger partial charge in [-0.3, -0.25) is 4.79 Å². The van der Waals surface area contributed by atoms with Gasteiger partial charge in [0.2, 0.25) is 0 Å². The monoisotopic (exact) mass is 292 g/mol. The predicted molar refractivity (Wildman–Crippen MR) is 87.0 cm³/mol. The second-order valence-electron chi connectivity index (χ2n) is 7.45. The minimum atomic E-state index is -0.196. The van der Waals surface area contributed by atoms with Crippen molar-refractivity contribution in [2.24, 2.45) is 22.7 Å². The highest BCUT2D eigenvalue weighted by Crippen LogP contribution is 2.62. The standard InChI is InChI=1S/C17H26O2.C2H6/c1-11-12-7-9-17(3)14(5-4-6-15(17)19)16(12,2)10-8-13(11)18;1-2/h5,11-12,15,19H,4,6-10H2,1-3H3;1-2H3/t11?,12?,15?,16-,17?;/m0./s1. The minimum Gasteiger partial charge on any atom is -0.392 e. The van der Waals surface area contributed by atoms with Crippen LogP contribution in [0.25, 0.3) is 0 Å². The van der Waals surface area contributed by atoms with Gasteiger partial charge in [-0.25, -0.2) is 0 Å². The lowest BCUT2D eigenvalue weighted by atomic mass is 9.46. The zero-order valence-electron chi connectivity index (χ0n) is 14.4. The zero-order chi connectivity index (χ0) is 15.8. The Morgan fingerprint density at radius 2 is 1.81 bits per heavy atom. The average Bonchev–Trinajstić information content (AvgIpc) is 2.48. The van der Waals surface area contributed by atoms with Crippen LogP contribution in [0.3, 0.4) is 0 Å². The summed E-state index contributed by atoms with van der Waals surface area (Å²) in [6, 6.07) is 0. The van der Waals surface area contributed by atoms with Crippen LogP contribution in [0, 0.1) is 22.7 Å². The molecule has 2 nitrogen and oxygen atoms in total. The highest BCUT2D eigenvalue weighted by Gasteiger charge is 2.56. The fraction of sp³-hybridized carbons (Fsp3) is 0.842. The molecule has 0 radical (unpaired) electrons. The van der Waals surface area contributed by atoms with Crippen LogP contribution in [-0.2, 0) is 4.79 Å². The van der Waals surface area contributed by atoms with Crippen molar-refractivity contribution in [2.75, 3.05) is 0 Å². The van der Waals surface area contributed by atoms with Crippen molar-refractivity contribution in [1.29, 1.82) is 0 Å². The van der Waals surface area contributed by atoms with E-state index in [1.807, 2.05) is 13.8 Å². The van der Waals surface area contributed by atoms with Crippen molar-refractivity contribution in [3.63, 3.8) is 0 Å². The van der Waals surface area contributed by atoms with Gasteiger partial charge >= 0.3 is 0 Å². The molecule has 120 valence electrons. The van der Waals surface area contributed by atoms with E-state index in [-0.39, 0.29) is 22.9 Å². The third-order valence-electron chi connectivity index (χ3n) is 6.55. The maximum Gasteiger partial charge on any atom is 0.136 e. The van der Waals surface area contributed by atoms with Gasteiger partial charge in [0.05, 0.1) is 6.10 Å². The van der Waals surface area contributed by atoms with Crippen molar-refractivity contribution in [3.05, 3.63) is 11.6 Å². The first kappa shape index (κ1) is 16.7. The molecule has 0 spiro atoms. The number of carbonyl (C=O) groups is 1. The molecule has 2 saturated carbocycles. The summed E-state index contributed by atoms with van der Waals surface area (Å²) in [6.07, 6.45) is 7.92. The Balaban J connectivity index is 0.000000774. The molecule has 0 amide bonds. The summed E-state index contributed by atoms with van der Waals surface area (Å²) < 4.78 is 0. The van der Waals surface area contributed by atoms with Crippen molar-refractivity contribution >= 4 is 5.78 Å². The van der Waals surface area contributed by atoms with E-state index < -0.39 is 0 Å². The van der Waals surface area contributed by atoms with Gasteiger partial charge in [-0.1, -0.05) is 46.3 Å². The lowest BCUT2D eigenvalue weighted by Crippen LogP contribution is -2.53. The highest BCUT2D eigenvalue weighted by atomic mass is 16.3. The smallest absolute Gasteiger partial charge is 0.136 e. The molecule has 3 rings (SSSR count). The Morgan fingerprint density at radius 3 is 2.48 bits per heavy atom. The molecule has 4 unspecified atom stereocenters. The Bertz CT molecular complexity index is 439. The molecule has 5 atom stereocenters. The molecule has 0 aromatic rings. The van der Waals surface area contributed by atoms with Gasteiger partial charge in [0, 0.05) is 17.8 Å². The fourth-order valence-electron chi connectivity index (χ4n) is 5.23. The van der Waals surface area contributed by atoms with Crippen LogP contribution in [0.4, 0.5) is 0 Å². The molecule has 2 fully saturated rings. The number of carbonyl (C=O) groups excluding carboxylic acids is 1. The van der Waals surface area contributed by atoms with E-state index in [9.17, 15) is 9.90 Å². The summed E-state index contributed by atoms with van der Waals surface area (Å²) in [7, 11) is 0. The van der Waals surface area contributed by atoms with Gasteiger partial charge in [-0.05, 0) is 43.4 Å². The van der Waals surface area contributed by atoms with Crippen molar-refractivity contribution in [1.82, 2.24) is 0 Å². The number of hydrogen-bond acceptors (Lipinski definition) is 2. The number of rotatable bonds is 0. The molecule has 21 heavy (non-hydrogen) atoms. The van der Waals surface area contributed by atoms with Crippen LogP contribution in [0.5, 0.6) is 0 Å². The highest BCUT2D eigenvalue weighted by molar-refractivity contribution is 5.82. The molecule has 0 aliphatic heterocycles. The summed E-state index contributed by atoms with van der Waals surface area (Å²) in [6.45, 7) is 10.7. The second-order valence-corrected chi connectivity index (χ2v) is 7.45. The van der Waals surface area contributed by atoms with Crippen LogP contribution in [0.1, 0.15) is 73.1 Å². The Hall–Kier alpha value is -0.630. The first-order valence-electron chi connectivity index (χ1n) is 8.81. The van der Waals surface area contributed by atoms with Crippen LogP contribution < -0.4 is 0 Å². The SMILES string of the molecule is CC.CC1C(=O)CC[C@]2(C)C3=CCCC(O)C3(C)CCC12. The Labute approximate surface area is 130 Å². The van der Waals surface area contributed by atoms with Crippen LogP contribution in [0.15, 0.2) is 11.6 Å². The molecule has 0 aromatic carbocycles. The summed E-state index contributed by atoms with van der Waals surface area (Å²) >= 11 is 0. The molecular formula is C19H32O2. The number of allylic oxidation sites excluding steroid dienone is 1. The topological polar surface area (TPSA) is 37.3 Å².